The van der Waals surface area contributed by atoms with Crippen molar-refractivity contribution in [2.75, 3.05) is 13.2 Å². The van der Waals surface area contributed by atoms with E-state index in [9.17, 15) is 0 Å². The first-order chi connectivity index (χ1) is 11.7. The quantitative estimate of drug-likeness (QED) is 0.859. The summed E-state index contributed by atoms with van der Waals surface area (Å²) in [4.78, 5) is 6.76. The summed E-state index contributed by atoms with van der Waals surface area (Å²) in [6.45, 7) is 6.51. The van der Waals surface area contributed by atoms with Crippen molar-refractivity contribution in [3.8, 4) is 5.88 Å². The smallest absolute Gasteiger partial charge is 0.213 e. The van der Waals surface area contributed by atoms with Gasteiger partial charge in [-0.1, -0.05) is 11.2 Å². The zero-order chi connectivity index (χ0) is 16.5. The van der Waals surface area contributed by atoms with E-state index in [4.69, 9.17) is 14.0 Å². The number of nitrogens with zero attached hydrogens (tertiary/aromatic N) is 3. The second kappa shape index (κ2) is 6.53. The average molecular weight is 329 g/mol. The van der Waals surface area contributed by atoms with E-state index in [1.165, 1.54) is 5.56 Å². The van der Waals surface area contributed by atoms with E-state index in [1.54, 1.807) is 6.20 Å². The van der Waals surface area contributed by atoms with Crippen LogP contribution >= 0.6 is 0 Å². The van der Waals surface area contributed by atoms with Crippen LogP contribution in [-0.2, 0) is 11.3 Å². The predicted octanol–water partition coefficient (Wildman–Crippen LogP) is 2.50. The molecule has 0 unspecified atom stereocenters. The van der Waals surface area contributed by atoms with E-state index in [0.29, 0.717) is 11.9 Å². The molecule has 0 spiro atoms. The highest BCUT2D eigenvalue weighted by atomic mass is 16.5. The van der Waals surface area contributed by atoms with Crippen molar-refractivity contribution in [2.24, 2.45) is 0 Å². The summed E-state index contributed by atoms with van der Waals surface area (Å²) < 4.78 is 17.5. The number of ether oxygens (including phenoxy) is 2. The zero-order valence-corrected chi connectivity index (χ0v) is 14.1. The van der Waals surface area contributed by atoms with Crippen molar-refractivity contribution in [3.63, 3.8) is 0 Å². The number of pyridine rings is 1. The van der Waals surface area contributed by atoms with Gasteiger partial charge in [0.1, 0.15) is 18.0 Å². The van der Waals surface area contributed by atoms with Crippen LogP contribution in [0.2, 0.25) is 0 Å². The largest absolute Gasteiger partial charge is 0.472 e. The van der Waals surface area contributed by atoms with Crippen molar-refractivity contribution >= 4 is 0 Å². The molecule has 6 nitrogen and oxygen atoms in total. The third kappa shape index (κ3) is 2.91. The van der Waals surface area contributed by atoms with E-state index in [-0.39, 0.29) is 12.2 Å². The number of rotatable bonds is 4. The fraction of sp³-hybridized carbons (Fsp3) is 0.556. The van der Waals surface area contributed by atoms with Crippen molar-refractivity contribution < 1.29 is 14.0 Å². The lowest BCUT2D eigenvalue weighted by molar-refractivity contribution is -0.0923. The van der Waals surface area contributed by atoms with Gasteiger partial charge in [0.15, 0.2) is 0 Å². The van der Waals surface area contributed by atoms with Gasteiger partial charge in [0, 0.05) is 37.0 Å². The van der Waals surface area contributed by atoms with Gasteiger partial charge >= 0.3 is 0 Å². The molecule has 1 aliphatic carbocycles. The Morgan fingerprint density at radius 2 is 2.21 bits per heavy atom. The van der Waals surface area contributed by atoms with Crippen molar-refractivity contribution in [2.45, 2.75) is 51.5 Å². The van der Waals surface area contributed by atoms with Gasteiger partial charge < -0.3 is 14.0 Å². The summed E-state index contributed by atoms with van der Waals surface area (Å²) in [6.07, 6.45) is 3.99. The molecular weight excluding hydrogens is 306 g/mol. The van der Waals surface area contributed by atoms with Crippen LogP contribution in [0.15, 0.2) is 28.9 Å². The minimum Gasteiger partial charge on any atom is -0.472 e. The van der Waals surface area contributed by atoms with Crippen LogP contribution in [0, 0.1) is 13.8 Å². The Morgan fingerprint density at radius 3 is 2.96 bits per heavy atom. The van der Waals surface area contributed by atoms with Crippen LogP contribution in [0.1, 0.15) is 29.9 Å². The van der Waals surface area contributed by atoms with E-state index in [2.05, 4.69) is 15.0 Å². The molecular formula is C18H23N3O3. The molecule has 0 aromatic carbocycles. The lowest BCUT2D eigenvalue weighted by Gasteiger charge is -2.38. The highest BCUT2D eigenvalue weighted by molar-refractivity contribution is 5.21. The van der Waals surface area contributed by atoms with Crippen LogP contribution in [0.25, 0.3) is 0 Å². The topological polar surface area (TPSA) is 60.6 Å². The first kappa shape index (κ1) is 15.6. The molecule has 2 aliphatic rings. The minimum atomic E-state index is 0.0670. The fourth-order valence-corrected chi connectivity index (χ4v) is 3.82. The molecule has 1 aliphatic heterocycles. The fourth-order valence-electron chi connectivity index (χ4n) is 3.82. The summed E-state index contributed by atoms with van der Waals surface area (Å²) in [6, 6.07) is 6.12. The second-order valence-electron chi connectivity index (χ2n) is 6.58. The van der Waals surface area contributed by atoms with E-state index in [1.807, 2.05) is 32.0 Å². The number of fused-ring (bicyclic) bond motifs is 1. The van der Waals surface area contributed by atoms with Gasteiger partial charge in [0.05, 0.1) is 12.3 Å². The van der Waals surface area contributed by atoms with Gasteiger partial charge in [-0.15, -0.1) is 0 Å². The third-order valence-electron chi connectivity index (χ3n) is 5.10. The SMILES string of the molecule is Cc1noc(C)c1CN1CCO[C@H]2[C@H]1CC[C@H]2Oc1ccccn1. The Labute approximate surface area is 141 Å². The summed E-state index contributed by atoms with van der Waals surface area (Å²) in [5.74, 6) is 1.59. The Morgan fingerprint density at radius 1 is 1.29 bits per heavy atom. The third-order valence-corrected chi connectivity index (χ3v) is 5.10. The number of morpholine rings is 1. The highest BCUT2D eigenvalue weighted by Gasteiger charge is 2.44. The molecule has 0 N–H and O–H groups in total. The van der Waals surface area contributed by atoms with Crippen molar-refractivity contribution in [1.82, 2.24) is 15.0 Å². The first-order valence-corrected chi connectivity index (χ1v) is 8.57. The van der Waals surface area contributed by atoms with Crippen LogP contribution in [0.4, 0.5) is 0 Å². The number of aryl methyl sites for hydroxylation is 2. The molecule has 2 aromatic rings. The van der Waals surface area contributed by atoms with E-state index in [0.717, 1.165) is 44.0 Å². The molecule has 6 heteroatoms. The summed E-state index contributed by atoms with van der Waals surface area (Å²) in [5.41, 5.74) is 2.18. The molecule has 3 atom stereocenters. The van der Waals surface area contributed by atoms with Crippen LogP contribution < -0.4 is 4.74 Å². The number of hydrogen-bond acceptors (Lipinski definition) is 6. The summed E-state index contributed by atoms with van der Waals surface area (Å²) >= 11 is 0. The summed E-state index contributed by atoms with van der Waals surface area (Å²) in [5, 5.41) is 4.07. The van der Waals surface area contributed by atoms with Crippen LogP contribution in [0.3, 0.4) is 0 Å². The molecule has 0 amide bonds. The maximum atomic E-state index is 6.08. The van der Waals surface area contributed by atoms with Crippen LogP contribution in [0.5, 0.6) is 5.88 Å². The summed E-state index contributed by atoms with van der Waals surface area (Å²) in [7, 11) is 0. The molecule has 1 saturated heterocycles. The molecule has 2 fully saturated rings. The van der Waals surface area contributed by atoms with Crippen molar-refractivity contribution in [1.29, 1.82) is 0 Å². The normalized spacial score (nSPS) is 27.2. The molecule has 1 saturated carbocycles. The Bertz CT molecular complexity index is 669. The molecule has 128 valence electrons. The average Bonchev–Trinajstić information content (AvgIpc) is 3.15. The Hall–Kier alpha value is -1.92. The highest BCUT2D eigenvalue weighted by Crippen LogP contribution is 2.34. The molecule has 0 radical (unpaired) electrons. The Balaban J connectivity index is 1.46. The predicted molar refractivity (Wildman–Crippen MR) is 87.8 cm³/mol. The molecule has 2 aromatic heterocycles. The van der Waals surface area contributed by atoms with Crippen molar-refractivity contribution in [3.05, 3.63) is 41.4 Å². The maximum absolute atomic E-state index is 6.08. The first-order valence-electron chi connectivity index (χ1n) is 8.57. The van der Waals surface area contributed by atoms with Gasteiger partial charge in [-0.05, 0) is 32.8 Å². The lowest BCUT2D eigenvalue weighted by atomic mass is 10.1. The second-order valence-corrected chi connectivity index (χ2v) is 6.58. The maximum Gasteiger partial charge on any atom is 0.213 e. The molecule has 24 heavy (non-hydrogen) atoms. The van der Waals surface area contributed by atoms with Gasteiger partial charge in [0.25, 0.3) is 0 Å². The molecule has 4 rings (SSSR count). The minimum absolute atomic E-state index is 0.0670. The monoisotopic (exact) mass is 329 g/mol. The number of hydrogen-bond donors (Lipinski definition) is 0. The van der Waals surface area contributed by atoms with E-state index < -0.39 is 0 Å². The number of aromatic nitrogens is 2. The van der Waals surface area contributed by atoms with Gasteiger partial charge in [-0.3, -0.25) is 4.90 Å². The van der Waals surface area contributed by atoms with E-state index >= 15 is 0 Å². The van der Waals surface area contributed by atoms with Gasteiger partial charge in [-0.2, -0.15) is 0 Å². The Kier molecular flexibility index (Phi) is 4.24. The van der Waals surface area contributed by atoms with Crippen LogP contribution in [-0.4, -0.2) is 46.4 Å². The lowest BCUT2D eigenvalue weighted by Crippen LogP contribution is -2.51. The standard InChI is InChI=1S/C18H23N3O3/c1-12-14(13(2)24-20-12)11-21-9-10-22-18-15(21)6-7-16(18)23-17-5-3-4-8-19-17/h3-5,8,15-16,18H,6-7,9-11H2,1-2H3/t15-,16-,18+/m1/s1. The molecule has 0 bridgehead atoms. The zero-order valence-electron chi connectivity index (χ0n) is 14.1. The van der Waals surface area contributed by atoms with Gasteiger partial charge in [-0.25, -0.2) is 4.98 Å². The molecule has 3 heterocycles. The van der Waals surface area contributed by atoms with Gasteiger partial charge in [0.2, 0.25) is 5.88 Å².